The number of carbonyl (C=O) groups excluding carboxylic acids is 2. The minimum atomic E-state index is -0.605. The Bertz CT molecular complexity index is 775. The molecular formula is C18H19ClN2O3S. The van der Waals surface area contributed by atoms with Gasteiger partial charge in [0.25, 0.3) is 5.91 Å². The first kappa shape index (κ1) is 19.3. The molecule has 25 heavy (non-hydrogen) atoms. The van der Waals surface area contributed by atoms with Gasteiger partial charge in [0.15, 0.2) is 6.61 Å². The molecule has 0 aliphatic carbocycles. The predicted octanol–water partition coefficient (Wildman–Crippen LogP) is 3.96. The van der Waals surface area contributed by atoms with Crippen LogP contribution in [0.3, 0.4) is 0 Å². The van der Waals surface area contributed by atoms with E-state index < -0.39 is 5.97 Å². The van der Waals surface area contributed by atoms with Crippen molar-refractivity contribution in [3.05, 3.63) is 53.2 Å². The van der Waals surface area contributed by atoms with Crippen LogP contribution in [0.2, 0.25) is 5.02 Å². The second-order valence-electron chi connectivity index (χ2n) is 6.26. The zero-order valence-electron chi connectivity index (χ0n) is 14.2. The molecule has 2 aromatic rings. The fourth-order valence-electron chi connectivity index (χ4n) is 1.92. The second kappa shape index (κ2) is 8.36. The summed E-state index contributed by atoms with van der Waals surface area (Å²) in [6.07, 6.45) is 1.59. The molecule has 132 valence electrons. The Kier molecular flexibility index (Phi) is 6.45. The molecule has 2 rings (SSSR count). The van der Waals surface area contributed by atoms with Gasteiger partial charge in [0.05, 0.1) is 10.6 Å². The van der Waals surface area contributed by atoms with E-state index in [1.165, 1.54) is 11.8 Å². The maximum atomic E-state index is 12.3. The first-order valence-corrected chi connectivity index (χ1v) is 8.81. The summed E-state index contributed by atoms with van der Waals surface area (Å²) in [4.78, 5) is 29.1. The van der Waals surface area contributed by atoms with E-state index in [2.05, 4.69) is 10.3 Å². The van der Waals surface area contributed by atoms with Crippen molar-refractivity contribution in [3.8, 4) is 0 Å². The molecule has 0 aliphatic rings. The van der Waals surface area contributed by atoms with E-state index >= 15 is 0 Å². The SMILES string of the molecule is CC(C)(C)NC(=O)COC(=O)c1cccnc1Sc1ccccc1Cl. The van der Waals surface area contributed by atoms with Crippen LogP contribution in [0.15, 0.2) is 52.5 Å². The summed E-state index contributed by atoms with van der Waals surface area (Å²) in [5.41, 5.74) is -0.0981. The number of esters is 1. The van der Waals surface area contributed by atoms with Crippen LogP contribution in [0.1, 0.15) is 31.1 Å². The van der Waals surface area contributed by atoms with Gasteiger partial charge >= 0.3 is 5.97 Å². The number of carbonyl (C=O) groups is 2. The Morgan fingerprint density at radius 1 is 1.20 bits per heavy atom. The summed E-state index contributed by atoms with van der Waals surface area (Å²) < 4.78 is 5.11. The topological polar surface area (TPSA) is 68.3 Å². The molecule has 1 amide bonds. The lowest BCUT2D eigenvalue weighted by molar-refractivity contribution is -0.125. The zero-order chi connectivity index (χ0) is 18.4. The molecule has 1 N–H and O–H groups in total. The van der Waals surface area contributed by atoms with Crippen molar-refractivity contribution in [3.63, 3.8) is 0 Å². The maximum Gasteiger partial charge on any atom is 0.341 e. The summed E-state index contributed by atoms with van der Waals surface area (Å²) in [6, 6.07) is 10.5. The molecule has 1 aromatic heterocycles. The Morgan fingerprint density at radius 3 is 2.60 bits per heavy atom. The van der Waals surface area contributed by atoms with Gasteiger partial charge in [-0.25, -0.2) is 9.78 Å². The Balaban J connectivity index is 2.08. The summed E-state index contributed by atoms with van der Waals surface area (Å²) in [5.74, 6) is -0.961. The van der Waals surface area contributed by atoms with Crippen LogP contribution in [0.5, 0.6) is 0 Å². The number of halogens is 1. The number of nitrogens with one attached hydrogen (secondary N) is 1. The molecule has 0 saturated heterocycles. The van der Waals surface area contributed by atoms with Gasteiger partial charge in [0.2, 0.25) is 0 Å². The van der Waals surface area contributed by atoms with Gasteiger partial charge in [-0.05, 0) is 45.0 Å². The van der Waals surface area contributed by atoms with Crippen molar-refractivity contribution in [2.75, 3.05) is 6.61 Å². The second-order valence-corrected chi connectivity index (χ2v) is 7.70. The number of ether oxygens (including phenoxy) is 1. The number of hydrogen-bond acceptors (Lipinski definition) is 5. The number of benzene rings is 1. The average Bonchev–Trinajstić information content (AvgIpc) is 2.54. The Hall–Kier alpha value is -2.05. The predicted molar refractivity (Wildman–Crippen MR) is 98.0 cm³/mol. The number of nitrogens with zero attached hydrogens (tertiary/aromatic N) is 1. The molecule has 0 aliphatic heterocycles. The lowest BCUT2D eigenvalue weighted by Crippen LogP contribution is -2.42. The Labute approximate surface area is 156 Å². The van der Waals surface area contributed by atoms with Crippen molar-refractivity contribution < 1.29 is 14.3 Å². The highest BCUT2D eigenvalue weighted by Crippen LogP contribution is 2.33. The van der Waals surface area contributed by atoms with Gasteiger partial charge in [-0.3, -0.25) is 4.79 Å². The highest BCUT2D eigenvalue weighted by atomic mass is 35.5. The lowest BCUT2D eigenvalue weighted by Gasteiger charge is -2.20. The molecule has 0 fully saturated rings. The van der Waals surface area contributed by atoms with Crippen LogP contribution in [-0.4, -0.2) is 29.0 Å². The quantitative estimate of drug-likeness (QED) is 0.797. The summed E-state index contributed by atoms with van der Waals surface area (Å²) in [6.45, 7) is 5.21. The first-order chi connectivity index (χ1) is 11.8. The third kappa shape index (κ3) is 6.07. The summed E-state index contributed by atoms with van der Waals surface area (Å²) in [7, 11) is 0. The monoisotopic (exact) mass is 378 g/mol. The maximum absolute atomic E-state index is 12.3. The molecule has 1 aromatic carbocycles. The molecule has 0 atom stereocenters. The van der Waals surface area contributed by atoms with Gasteiger partial charge in [0, 0.05) is 16.6 Å². The van der Waals surface area contributed by atoms with Crippen LogP contribution < -0.4 is 5.32 Å². The molecule has 1 heterocycles. The molecule has 5 nitrogen and oxygen atoms in total. The largest absolute Gasteiger partial charge is 0.452 e. The van der Waals surface area contributed by atoms with Crippen molar-refractivity contribution >= 4 is 35.2 Å². The smallest absolute Gasteiger partial charge is 0.341 e. The molecule has 0 spiro atoms. The van der Waals surface area contributed by atoms with Crippen molar-refractivity contribution in [1.29, 1.82) is 0 Å². The van der Waals surface area contributed by atoms with Gasteiger partial charge in [-0.15, -0.1) is 0 Å². The van der Waals surface area contributed by atoms with Crippen LogP contribution in [-0.2, 0) is 9.53 Å². The number of rotatable bonds is 5. The van der Waals surface area contributed by atoms with E-state index in [1.807, 2.05) is 39.0 Å². The van der Waals surface area contributed by atoms with Gasteiger partial charge in [-0.2, -0.15) is 0 Å². The highest BCUT2D eigenvalue weighted by Gasteiger charge is 2.19. The van der Waals surface area contributed by atoms with E-state index in [1.54, 1.807) is 24.4 Å². The Morgan fingerprint density at radius 2 is 1.92 bits per heavy atom. The van der Waals surface area contributed by atoms with Crippen molar-refractivity contribution in [1.82, 2.24) is 10.3 Å². The van der Waals surface area contributed by atoms with Crippen LogP contribution >= 0.6 is 23.4 Å². The minimum Gasteiger partial charge on any atom is -0.452 e. The summed E-state index contributed by atoms with van der Waals surface area (Å²) >= 11 is 7.42. The van der Waals surface area contributed by atoms with Crippen LogP contribution in [0.4, 0.5) is 0 Å². The van der Waals surface area contributed by atoms with Gasteiger partial charge in [-0.1, -0.05) is 35.5 Å². The van der Waals surface area contributed by atoms with E-state index in [9.17, 15) is 9.59 Å². The van der Waals surface area contributed by atoms with Gasteiger partial charge < -0.3 is 10.1 Å². The molecule has 0 saturated carbocycles. The minimum absolute atomic E-state index is 0.288. The van der Waals surface area contributed by atoms with E-state index in [0.717, 1.165) is 4.90 Å². The number of amides is 1. The number of pyridine rings is 1. The van der Waals surface area contributed by atoms with Gasteiger partial charge in [0.1, 0.15) is 5.03 Å². The zero-order valence-corrected chi connectivity index (χ0v) is 15.8. The third-order valence-electron chi connectivity index (χ3n) is 2.88. The summed E-state index contributed by atoms with van der Waals surface area (Å²) in [5, 5.41) is 3.77. The van der Waals surface area contributed by atoms with E-state index in [4.69, 9.17) is 16.3 Å². The fourth-order valence-corrected chi connectivity index (χ4v) is 3.07. The van der Waals surface area contributed by atoms with Crippen LogP contribution in [0, 0.1) is 0 Å². The molecule has 0 radical (unpaired) electrons. The molecule has 7 heteroatoms. The highest BCUT2D eigenvalue weighted by molar-refractivity contribution is 7.99. The lowest BCUT2D eigenvalue weighted by atomic mass is 10.1. The fraction of sp³-hybridized carbons (Fsp3) is 0.278. The van der Waals surface area contributed by atoms with Crippen LogP contribution in [0.25, 0.3) is 0 Å². The first-order valence-electron chi connectivity index (χ1n) is 7.62. The van der Waals surface area contributed by atoms with Crippen molar-refractivity contribution in [2.45, 2.75) is 36.2 Å². The van der Waals surface area contributed by atoms with Crippen molar-refractivity contribution in [2.24, 2.45) is 0 Å². The number of aromatic nitrogens is 1. The van der Waals surface area contributed by atoms with E-state index in [0.29, 0.717) is 10.0 Å². The standard InChI is InChI=1S/C18H19ClN2O3S/c1-18(2,3)21-15(22)11-24-17(23)12-7-6-10-20-16(12)25-14-9-5-4-8-13(14)19/h4-10H,11H2,1-3H3,(H,21,22). The molecule has 0 unspecified atom stereocenters. The van der Waals surface area contributed by atoms with E-state index in [-0.39, 0.29) is 23.6 Å². The average molecular weight is 379 g/mol. The molecule has 0 bridgehead atoms. The molecular weight excluding hydrogens is 360 g/mol. The normalized spacial score (nSPS) is 11.0. The number of hydrogen-bond donors (Lipinski definition) is 1. The third-order valence-corrected chi connectivity index (χ3v) is 4.42.